The summed E-state index contributed by atoms with van der Waals surface area (Å²) < 4.78 is 31.4. The van der Waals surface area contributed by atoms with E-state index in [1.54, 1.807) is 0 Å². The van der Waals surface area contributed by atoms with Crippen molar-refractivity contribution in [1.29, 1.82) is 0 Å². The average molecular weight is 245 g/mol. The number of rotatable bonds is 5. The third-order valence-electron chi connectivity index (χ3n) is 3.54. The van der Waals surface area contributed by atoms with E-state index in [-0.39, 0.29) is 12.1 Å². The second-order valence-corrected chi connectivity index (χ2v) is 6.26. The van der Waals surface area contributed by atoms with E-state index in [4.69, 9.17) is 4.74 Å². The fraction of sp³-hybridized carbons (Fsp3) is 0.818. The molecule has 0 aromatic heterocycles. The highest BCUT2D eigenvalue weighted by molar-refractivity contribution is 7.92. The van der Waals surface area contributed by atoms with Gasteiger partial charge in [0, 0.05) is 12.0 Å². The normalized spacial score (nSPS) is 28.6. The molecule has 1 aliphatic carbocycles. The maximum absolute atomic E-state index is 11.5. The van der Waals surface area contributed by atoms with Gasteiger partial charge in [-0.2, -0.15) is 0 Å². The number of sulfonamides is 1. The highest BCUT2D eigenvalue weighted by atomic mass is 32.2. The Bertz CT molecular complexity index is 342. The molecule has 2 fully saturated rings. The lowest BCUT2D eigenvalue weighted by atomic mass is 9.78. The zero-order chi connectivity index (χ0) is 11.6. The van der Waals surface area contributed by atoms with Crippen molar-refractivity contribution in [2.75, 3.05) is 6.61 Å². The fourth-order valence-corrected chi connectivity index (χ4v) is 3.22. The predicted molar refractivity (Wildman–Crippen MR) is 62.4 cm³/mol. The van der Waals surface area contributed by atoms with Gasteiger partial charge in [-0.3, -0.25) is 0 Å². The molecule has 16 heavy (non-hydrogen) atoms. The van der Waals surface area contributed by atoms with Crippen molar-refractivity contribution in [2.24, 2.45) is 5.92 Å². The van der Waals surface area contributed by atoms with E-state index >= 15 is 0 Å². The zero-order valence-electron chi connectivity index (χ0n) is 9.39. The van der Waals surface area contributed by atoms with Crippen molar-refractivity contribution >= 4 is 10.0 Å². The Morgan fingerprint density at radius 1 is 1.31 bits per heavy atom. The van der Waals surface area contributed by atoms with Gasteiger partial charge < -0.3 is 4.74 Å². The monoisotopic (exact) mass is 245 g/mol. The highest BCUT2D eigenvalue weighted by Gasteiger charge is 2.37. The van der Waals surface area contributed by atoms with Crippen LogP contribution < -0.4 is 4.72 Å². The maximum Gasteiger partial charge on any atom is 0.233 e. The zero-order valence-corrected chi connectivity index (χ0v) is 10.2. The molecule has 1 saturated heterocycles. The molecule has 2 aliphatic rings. The van der Waals surface area contributed by atoms with Crippen LogP contribution in [0.4, 0.5) is 0 Å². The van der Waals surface area contributed by atoms with Gasteiger partial charge in [-0.1, -0.05) is 13.0 Å². The van der Waals surface area contributed by atoms with Crippen molar-refractivity contribution in [3.8, 4) is 0 Å². The number of hydrogen-bond acceptors (Lipinski definition) is 3. The molecule has 1 saturated carbocycles. The van der Waals surface area contributed by atoms with Gasteiger partial charge in [0.15, 0.2) is 0 Å². The van der Waals surface area contributed by atoms with Crippen LogP contribution in [-0.4, -0.2) is 27.2 Å². The Labute approximate surface area is 97.1 Å². The van der Waals surface area contributed by atoms with Crippen LogP contribution in [0.5, 0.6) is 0 Å². The van der Waals surface area contributed by atoms with Gasteiger partial charge in [0.05, 0.1) is 12.1 Å². The number of ether oxygens (including phenoxy) is 1. The molecule has 92 valence electrons. The molecule has 4 nitrogen and oxygen atoms in total. The highest BCUT2D eigenvalue weighted by Crippen LogP contribution is 2.34. The van der Waals surface area contributed by atoms with Crippen molar-refractivity contribution in [1.82, 2.24) is 4.72 Å². The second-order valence-electron chi connectivity index (χ2n) is 4.60. The third-order valence-corrected chi connectivity index (χ3v) is 4.58. The Balaban J connectivity index is 2.04. The summed E-state index contributed by atoms with van der Waals surface area (Å²) in [6.45, 7) is 4.08. The molecule has 1 N–H and O–H groups in total. The van der Waals surface area contributed by atoms with Crippen LogP contribution in [0.2, 0.25) is 0 Å². The molecule has 0 spiro atoms. The van der Waals surface area contributed by atoms with E-state index in [1.807, 2.05) is 0 Å². The van der Waals surface area contributed by atoms with Gasteiger partial charge in [0.2, 0.25) is 10.0 Å². The Morgan fingerprint density at radius 2 is 2.06 bits per heavy atom. The Kier molecular flexibility index (Phi) is 3.66. The lowest BCUT2D eigenvalue weighted by Crippen LogP contribution is -2.49. The van der Waals surface area contributed by atoms with E-state index in [0.717, 1.165) is 37.7 Å². The summed E-state index contributed by atoms with van der Waals surface area (Å²) in [5.74, 6) is 0.442. The molecule has 1 heterocycles. The minimum absolute atomic E-state index is 0.0556. The second kappa shape index (κ2) is 4.85. The first kappa shape index (κ1) is 12.1. The van der Waals surface area contributed by atoms with E-state index in [2.05, 4.69) is 11.3 Å². The summed E-state index contributed by atoms with van der Waals surface area (Å²) in [7, 11) is -3.34. The molecule has 0 amide bonds. The van der Waals surface area contributed by atoms with Crippen molar-refractivity contribution < 1.29 is 13.2 Å². The molecule has 0 aromatic rings. The van der Waals surface area contributed by atoms with Crippen LogP contribution in [0, 0.1) is 5.92 Å². The van der Waals surface area contributed by atoms with Crippen LogP contribution in [0.15, 0.2) is 12.0 Å². The van der Waals surface area contributed by atoms with Crippen molar-refractivity contribution in [2.45, 2.75) is 44.2 Å². The molecule has 1 aliphatic heterocycles. The fourth-order valence-electron chi connectivity index (χ4n) is 2.40. The molecule has 5 heteroatoms. The first-order chi connectivity index (χ1) is 7.62. The molecule has 0 bridgehead atoms. The largest absolute Gasteiger partial charge is 0.377 e. The summed E-state index contributed by atoms with van der Waals surface area (Å²) in [4.78, 5) is 0. The number of nitrogens with one attached hydrogen (secondary N) is 1. The standard InChI is InChI=1S/C11H19NO3S/c1-2-16(13,14)12-11(9-5-3-6-9)10-7-4-8-15-10/h2,9-12H,1,3-8H2. The van der Waals surface area contributed by atoms with E-state index in [1.165, 1.54) is 6.42 Å². The van der Waals surface area contributed by atoms with Gasteiger partial charge in [0.1, 0.15) is 0 Å². The quantitative estimate of drug-likeness (QED) is 0.796. The SMILES string of the molecule is C=CS(=O)(=O)NC(C1CCC1)C1CCCO1. The van der Waals surface area contributed by atoms with Gasteiger partial charge >= 0.3 is 0 Å². The Morgan fingerprint density at radius 3 is 2.50 bits per heavy atom. The minimum Gasteiger partial charge on any atom is -0.377 e. The van der Waals surface area contributed by atoms with Crippen LogP contribution in [0.25, 0.3) is 0 Å². The van der Waals surface area contributed by atoms with E-state index in [9.17, 15) is 8.42 Å². The predicted octanol–water partition coefficient (Wildman–Crippen LogP) is 1.40. The lowest BCUT2D eigenvalue weighted by molar-refractivity contribution is 0.0490. The number of hydrogen-bond donors (Lipinski definition) is 1. The first-order valence-electron chi connectivity index (χ1n) is 5.89. The topological polar surface area (TPSA) is 55.4 Å². The molecule has 2 rings (SSSR count). The molecule has 0 aromatic carbocycles. The third kappa shape index (κ3) is 2.64. The van der Waals surface area contributed by atoms with E-state index in [0.29, 0.717) is 5.92 Å². The smallest absolute Gasteiger partial charge is 0.233 e. The molecule has 0 radical (unpaired) electrons. The van der Waals surface area contributed by atoms with Gasteiger partial charge in [-0.05, 0) is 31.6 Å². The van der Waals surface area contributed by atoms with Crippen molar-refractivity contribution in [3.05, 3.63) is 12.0 Å². The van der Waals surface area contributed by atoms with Crippen LogP contribution >= 0.6 is 0 Å². The van der Waals surface area contributed by atoms with Crippen LogP contribution in [0.1, 0.15) is 32.1 Å². The molecule has 2 unspecified atom stereocenters. The summed E-state index contributed by atoms with van der Waals surface area (Å²) in [6, 6.07) is -0.0563. The van der Waals surface area contributed by atoms with E-state index < -0.39 is 10.0 Å². The lowest BCUT2D eigenvalue weighted by Gasteiger charge is -2.36. The first-order valence-corrected chi connectivity index (χ1v) is 7.43. The molecule has 2 atom stereocenters. The summed E-state index contributed by atoms with van der Waals surface area (Å²) in [6.07, 6.45) is 5.45. The minimum atomic E-state index is -3.34. The van der Waals surface area contributed by atoms with Crippen molar-refractivity contribution in [3.63, 3.8) is 0 Å². The molecular weight excluding hydrogens is 226 g/mol. The maximum atomic E-state index is 11.5. The molecular formula is C11H19NO3S. The average Bonchev–Trinajstić information content (AvgIpc) is 2.66. The summed E-state index contributed by atoms with van der Waals surface area (Å²) in [5.41, 5.74) is 0. The summed E-state index contributed by atoms with van der Waals surface area (Å²) >= 11 is 0. The summed E-state index contributed by atoms with van der Waals surface area (Å²) in [5, 5.41) is 0.980. The van der Waals surface area contributed by atoms with Gasteiger partial charge in [-0.25, -0.2) is 13.1 Å². The van der Waals surface area contributed by atoms with Crippen LogP contribution in [-0.2, 0) is 14.8 Å². The Hall–Kier alpha value is -0.390. The van der Waals surface area contributed by atoms with Gasteiger partial charge in [0.25, 0.3) is 0 Å². The van der Waals surface area contributed by atoms with Gasteiger partial charge in [-0.15, -0.1) is 0 Å². The van der Waals surface area contributed by atoms with Crippen LogP contribution in [0.3, 0.4) is 0 Å².